The van der Waals surface area contributed by atoms with E-state index in [1.165, 1.54) is 35.1 Å². The van der Waals surface area contributed by atoms with Gasteiger partial charge in [-0.3, -0.25) is 0 Å². The highest BCUT2D eigenvalue weighted by Crippen LogP contribution is 2.56. The first-order chi connectivity index (χ1) is 13.9. The van der Waals surface area contributed by atoms with E-state index in [0.29, 0.717) is 11.8 Å². The molecule has 2 N–H and O–H groups in total. The molecule has 154 valence electrons. The van der Waals surface area contributed by atoms with Crippen molar-refractivity contribution in [1.29, 1.82) is 0 Å². The lowest BCUT2D eigenvalue weighted by Gasteiger charge is -2.36. The van der Waals surface area contributed by atoms with Gasteiger partial charge in [0.15, 0.2) is 0 Å². The summed E-state index contributed by atoms with van der Waals surface area (Å²) in [6.07, 6.45) is 2.89. The first-order valence-electron chi connectivity index (χ1n) is 10.8. The molecule has 2 heterocycles. The molecule has 0 aromatic heterocycles. The number of aryl methyl sites for hydroxylation is 1. The maximum atomic E-state index is 10.2. The predicted molar refractivity (Wildman–Crippen MR) is 111 cm³/mol. The fraction of sp³-hybridized carbons (Fsp3) is 0.520. The minimum absolute atomic E-state index is 0.186. The third-order valence-electron chi connectivity index (χ3n) is 7.16. The van der Waals surface area contributed by atoms with Crippen LogP contribution >= 0.6 is 0 Å². The van der Waals surface area contributed by atoms with E-state index < -0.39 is 12.2 Å². The molecule has 29 heavy (non-hydrogen) atoms. The topological polar surface area (TPSA) is 58.9 Å². The molecule has 4 heteroatoms. The third kappa shape index (κ3) is 3.48. The molecule has 4 atom stereocenters. The standard InChI is InChI=1S/C25H30O4/c1-15-3-5-18(23-14-21(26)24(27)16(2)29-23)13-19(15)11-17-4-6-22-20(12-17)25(7-8-25)9-10-28-22/h3-6,12-13,16,21,23-24,26-27H,7-11,14H2,1-2H3. The van der Waals surface area contributed by atoms with Gasteiger partial charge in [0, 0.05) is 17.4 Å². The van der Waals surface area contributed by atoms with Gasteiger partial charge in [-0.15, -0.1) is 0 Å². The Kier molecular flexibility index (Phi) is 4.69. The van der Waals surface area contributed by atoms with Crippen molar-refractivity contribution in [2.45, 2.75) is 75.8 Å². The van der Waals surface area contributed by atoms with Crippen LogP contribution in [0.2, 0.25) is 0 Å². The van der Waals surface area contributed by atoms with Crippen LogP contribution in [-0.4, -0.2) is 35.1 Å². The van der Waals surface area contributed by atoms with Crippen molar-refractivity contribution in [2.24, 2.45) is 0 Å². The largest absolute Gasteiger partial charge is 0.493 e. The Morgan fingerprint density at radius 3 is 2.66 bits per heavy atom. The molecule has 2 aromatic carbocycles. The van der Waals surface area contributed by atoms with Crippen LogP contribution in [0.1, 0.15) is 66.5 Å². The molecule has 1 saturated carbocycles. The number of hydrogen-bond donors (Lipinski definition) is 2. The molecule has 1 aliphatic carbocycles. The molecule has 4 unspecified atom stereocenters. The average Bonchev–Trinajstić information content (AvgIpc) is 3.48. The lowest BCUT2D eigenvalue weighted by molar-refractivity contribution is -0.163. The maximum Gasteiger partial charge on any atom is 0.123 e. The molecular formula is C25H30O4. The Balaban J connectivity index is 1.40. The van der Waals surface area contributed by atoms with E-state index in [4.69, 9.17) is 9.47 Å². The zero-order valence-corrected chi connectivity index (χ0v) is 17.2. The van der Waals surface area contributed by atoms with Crippen LogP contribution in [0.5, 0.6) is 5.75 Å². The summed E-state index contributed by atoms with van der Waals surface area (Å²) < 4.78 is 11.9. The van der Waals surface area contributed by atoms with Gasteiger partial charge in [-0.1, -0.05) is 30.3 Å². The van der Waals surface area contributed by atoms with Crippen LogP contribution in [0, 0.1) is 6.92 Å². The Labute approximate surface area is 172 Å². The molecule has 3 aliphatic rings. The van der Waals surface area contributed by atoms with Crippen LogP contribution < -0.4 is 4.74 Å². The van der Waals surface area contributed by atoms with Crippen LogP contribution in [0.25, 0.3) is 0 Å². The molecule has 1 spiro atoms. The Morgan fingerprint density at radius 1 is 1.07 bits per heavy atom. The lowest BCUT2D eigenvalue weighted by atomic mass is 9.87. The smallest absolute Gasteiger partial charge is 0.123 e. The van der Waals surface area contributed by atoms with Gasteiger partial charge in [-0.05, 0) is 67.9 Å². The van der Waals surface area contributed by atoms with Crippen LogP contribution in [0.4, 0.5) is 0 Å². The van der Waals surface area contributed by atoms with Crippen molar-refractivity contribution in [2.75, 3.05) is 6.61 Å². The van der Waals surface area contributed by atoms with Crippen LogP contribution in [-0.2, 0) is 16.6 Å². The average molecular weight is 395 g/mol. The Hall–Kier alpha value is -1.88. The number of aliphatic hydroxyl groups is 2. The molecule has 5 rings (SSSR count). The van der Waals surface area contributed by atoms with Gasteiger partial charge in [-0.2, -0.15) is 0 Å². The molecule has 4 nitrogen and oxygen atoms in total. The predicted octanol–water partition coefficient (Wildman–Crippen LogP) is 3.97. The molecule has 2 aromatic rings. The Bertz CT molecular complexity index is 905. The molecule has 0 bridgehead atoms. The van der Waals surface area contributed by atoms with Crippen LogP contribution in [0.15, 0.2) is 36.4 Å². The molecule has 2 fully saturated rings. The summed E-state index contributed by atoms with van der Waals surface area (Å²) in [5, 5.41) is 20.1. The van der Waals surface area contributed by atoms with Crippen LogP contribution in [0.3, 0.4) is 0 Å². The van der Waals surface area contributed by atoms with E-state index in [9.17, 15) is 10.2 Å². The minimum atomic E-state index is -0.816. The quantitative estimate of drug-likeness (QED) is 0.827. The summed E-state index contributed by atoms with van der Waals surface area (Å²) in [5.41, 5.74) is 6.70. The van der Waals surface area contributed by atoms with Crippen molar-refractivity contribution in [3.05, 3.63) is 64.2 Å². The van der Waals surface area contributed by atoms with Crippen molar-refractivity contribution in [1.82, 2.24) is 0 Å². The maximum absolute atomic E-state index is 10.2. The highest BCUT2D eigenvalue weighted by atomic mass is 16.5. The van der Waals surface area contributed by atoms with Gasteiger partial charge < -0.3 is 19.7 Å². The van der Waals surface area contributed by atoms with Gasteiger partial charge >= 0.3 is 0 Å². The van der Waals surface area contributed by atoms with E-state index in [0.717, 1.165) is 30.8 Å². The second-order valence-electron chi connectivity index (χ2n) is 9.20. The zero-order valence-electron chi connectivity index (χ0n) is 17.2. The number of benzene rings is 2. The molecule has 0 amide bonds. The van der Waals surface area contributed by atoms with E-state index in [-0.39, 0.29) is 12.2 Å². The zero-order chi connectivity index (χ0) is 20.2. The van der Waals surface area contributed by atoms with Gasteiger partial charge in [-0.25, -0.2) is 0 Å². The molecule has 0 radical (unpaired) electrons. The summed E-state index contributed by atoms with van der Waals surface area (Å²) in [4.78, 5) is 0. The fourth-order valence-electron chi connectivity index (χ4n) is 4.97. The lowest BCUT2D eigenvalue weighted by Crippen LogP contribution is -2.43. The Morgan fingerprint density at radius 2 is 1.90 bits per heavy atom. The normalized spacial score (nSPS) is 29.9. The summed E-state index contributed by atoms with van der Waals surface area (Å²) in [6, 6.07) is 13.1. The fourth-order valence-corrected chi connectivity index (χ4v) is 4.97. The van der Waals surface area contributed by atoms with Gasteiger partial charge in [0.1, 0.15) is 11.9 Å². The SMILES string of the molecule is Cc1ccc(C2CC(O)C(O)C(C)O2)cc1Cc1ccc2c(c1)C1(CCO2)CC1. The van der Waals surface area contributed by atoms with E-state index >= 15 is 0 Å². The highest BCUT2D eigenvalue weighted by Gasteiger charge is 2.47. The summed E-state index contributed by atoms with van der Waals surface area (Å²) in [7, 11) is 0. The highest BCUT2D eigenvalue weighted by molar-refractivity contribution is 5.48. The second kappa shape index (κ2) is 7.12. The number of ether oxygens (including phenoxy) is 2. The molecule has 2 aliphatic heterocycles. The molecular weight excluding hydrogens is 364 g/mol. The summed E-state index contributed by atoms with van der Waals surface area (Å²) >= 11 is 0. The minimum Gasteiger partial charge on any atom is -0.493 e. The number of rotatable bonds is 3. The van der Waals surface area contributed by atoms with Gasteiger partial charge in [0.25, 0.3) is 0 Å². The van der Waals surface area contributed by atoms with E-state index in [1.54, 1.807) is 0 Å². The molecule has 1 saturated heterocycles. The van der Waals surface area contributed by atoms with Crippen molar-refractivity contribution in [3.8, 4) is 5.75 Å². The second-order valence-corrected chi connectivity index (χ2v) is 9.20. The van der Waals surface area contributed by atoms with Crippen molar-refractivity contribution >= 4 is 0 Å². The van der Waals surface area contributed by atoms with Gasteiger partial charge in [0.2, 0.25) is 0 Å². The number of fused-ring (bicyclic) bond motifs is 2. The third-order valence-corrected chi connectivity index (χ3v) is 7.16. The van der Waals surface area contributed by atoms with E-state index in [2.05, 4.69) is 43.3 Å². The summed E-state index contributed by atoms with van der Waals surface area (Å²) in [6.45, 7) is 4.80. The summed E-state index contributed by atoms with van der Waals surface area (Å²) in [5.74, 6) is 1.07. The first-order valence-corrected chi connectivity index (χ1v) is 10.8. The van der Waals surface area contributed by atoms with E-state index in [1.807, 2.05) is 6.92 Å². The number of aliphatic hydroxyl groups excluding tert-OH is 2. The van der Waals surface area contributed by atoms with Crippen molar-refractivity contribution < 1.29 is 19.7 Å². The monoisotopic (exact) mass is 394 g/mol. The first kappa shape index (κ1) is 19.1. The van der Waals surface area contributed by atoms with Crippen molar-refractivity contribution in [3.63, 3.8) is 0 Å². The number of hydrogen-bond acceptors (Lipinski definition) is 4. The van der Waals surface area contributed by atoms with Gasteiger partial charge in [0.05, 0.1) is 24.9 Å².